The molecule has 0 atom stereocenters. The summed E-state index contributed by atoms with van der Waals surface area (Å²) in [5.41, 5.74) is 3.36. The summed E-state index contributed by atoms with van der Waals surface area (Å²) in [5, 5.41) is 13.7. The summed E-state index contributed by atoms with van der Waals surface area (Å²) < 4.78 is 4.99. The minimum absolute atomic E-state index is 0.0348. The number of benzene rings is 1. The number of anilines is 1. The number of ether oxygens (including phenoxy) is 1. The van der Waals surface area contributed by atoms with E-state index in [0.29, 0.717) is 11.3 Å². The lowest BCUT2D eigenvalue weighted by Gasteiger charge is -2.02. The number of hydrazone groups is 1. The van der Waals surface area contributed by atoms with Crippen LogP contribution in [0.15, 0.2) is 34.4 Å². The maximum absolute atomic E-state index is 11.5. The molecule has 0 fully saturated rings. The Labute approximate surface area is 123 Å². The molecule has 22 heavy (non-hydrogen) atoms. The van der Waals surface area contributed by atoms with Crippen molar-refractivity contribution in [3.05, 3.63) is 40.4 Å². The van der Waals surface area contributed by atoms with Crippen LogP contribution >= 0.6 is 0 Å². The number of aromatic nitrogens is 4. The molecule has 4 N–H and O–H groups in total. The maximum Gasteiger partial charge on any atom is 0.276 e. The zero-order valence-electron chi connectivity index (χ0n) is 11.5. The lowest BCUT2D eigenvalue weighted by molar-refractivity contribution is 0.407. The van der Waals surface area contributed by atoms with E-state index in [1.807, 2.05) is 0 Å². The third-order valence-electron chi connectivity index (χ3n) is 2.91. The minimum Gasteiger partial charge on any atom is -0.507 e. The second-order valence-electron chi connectivity index (χ2n) is 4.31. The summed E-state index contributed by atoms with van der Waals surface area (Å²) in [7, 11) is 1.52. The van der Waals surface area contributed by atoms with Gasteiger partial charge < -0.3 is 19.8 Å². The Morgan fingerprint density at radius 3 is 3.05 bits per heavy atom. The van der Waals surface area contributed by atoms with Crippen LogP contribution in [0.1, 0.15) is 5.56 Å². The van der Waals surface area contributed by atoms with Crippen LogP contribution in [0.3, 0.4) is 0 Å². The molecule has 0 aliphatic heterocycles. The smallest absolute Gasteiger partial charge is 0.276 e. The molecule has 0 bridgehead atoms. The predicted octanol–water partition coefficient (Wildman–Crippen LogP) is 0.806. The molecule has 0 saturated heterocycles. The fourth-order valence-electron chi connectivity index (χ4n) is 1.82. The number of aromatic hydroxyl groups is 1. The highest BCUT2D eigenvalue weighted by atomic mass is 16.5. The zero-order valence-corrected chi connectivity index (χ0v) is 11.5. The van der Waals surface area contributed by atoms with Crippen molar-refractivity contribution in [3.8, 4) is 11.5 Å². The fraction of sp³-hybridized carbons (Fsp3) is 0.0769. The topological polar surface area (TPSA) is 128 Å². The van der Waals surface area contributed by atoms with E-state index in [2.05, 4.69) is 30.5 Å². The molecule has 0 spiro atoms. The molecule has 0 aliphatic rings. The number of H-pyrrole nitrogens is 2. The van der Waals surface area contributed by atoms with Gasteiger partial charge in [-0.1, -0.05) is 0 Å². The van der Waals surface area contributed by atoms with E-state index in [9.17, 15) is 9.90 Å². The normalized spacial score (nSPS) is 11.1. The summed E-state index contributed by atoms with van der Waals surface area (Å²) in [6.07, 6.45) is 2.69. The van der Waals surface area contributed by atoms with Gasteiger partial charge in [0.05, 0.1) is 19.7 Å². The molecule has 2 aromatic heterocycles. The van der Waals surface area contributed by atoms with Crippen LogP contribution in [-0.4, -0.2) is 38.4 Å². The van der Waals surface area contributed by atoms with Crippen LogP contribution in [0.2, 0.25) is 0 Å². The Kier molecular flexibility index (Phi) is 3.44. The summed E-state index contributed by atoms with van der Waals surface area (Å²) in [6, 6.07) is 4.84. The number of methoxy groups -OCH3 is 1. The van der Waals surface area contributed by atoms with Gasteiger partial charge in [-0.3, -0.25) is 4.79 Å². The number of fused-ring (bicyclic) bond motifs is 1. The Morgan fingerprint density at radius 1 is 1.45 bits per heavy atom. The molecule has 0 saturated carbocycles. The standard InChI is InChI=1S/C13H12N6O3/c1-22-8-3-2-7(9(20)4-8)5-16-19-13-17-10-11(18-13)14-6-15-12(10)21/h2-6,20H,1H3,(H3,14,15,17,18,19,21)/b16-5-. The highest BCUT2D eigenvalue weighted by molar-refractivity contribution is 5.84. The summed E-state index contributed by atoms with van der Waals surface area (Å²) in [6.45, 7) is 0. The summed E-state index contributed by atoms with van der Waals surface area (Å²) >= 11 is 0. The largest absolute Gasteiger partial charge is 0.507 e. The van der Waals surface area contributed by atoms with Gasteiger partial charge >= 0.3 is 0 Å². The number of hydrogen-bond donors (Lipinski definition) is 4. The van der Waals surface area contributed by atoms with E-state index in [1.165, 1.54) is 25.7 Å². The molecule has 0 unspecified atom stereocenters. The van der Waals surface area contributed by atoms with Crippen molar-refractivity contribution in [1.29, 1.82) is 0 Å². The van der Waals surface area contributed by atoms with Crippen molar-refractivity contribution in [2.45, 2.75) is 0 Å². The van der Waals surface area contributed by atoms with Crippen molar-refractivity contribution >= 4 is 23.3 Å². The van der Waals surface area contributed by atoms with Gasteiger partial charge in [0, 0.05) is 11.6 Å². The molecule has 3 aromatic rings. The van der Waals surface area contributed by atoms with Crippen LogP contribution in [-0.2, 0) is 0 Å². The SMILES string of the molecule is COc1ccc(/C=N\Nc2nc3nc[nH]c(=O)c3[nH]2)c(O)c1. The lowest BCUT2D eigenvalue weighted by atomic mass is 10.2. The van der Waals surface area contributed by atoms with Crippen LogP contribution in [0.25, 0.3) is 11.2 Å². The third-order valence-corrected chi connectivity index (χ3v) is 2.91. The van der Waals surface area contributed by atoms with Crippen molar-refractivity contribution in [3.63, 3.8) is 0 Å². The number of imidazole rings is 1. The molecule has 112 valence electrons. The van der Waals surface area contributed by atoms with Crippen LogP contribution in [0, 0.1) is 0 Å². The zero-order chi connectivity index (χ0) is 15.5. The Balaban J connectivity index is 1.78. The maximum atomic E-state index is 11.5. The number of nitrogens with zero attached hydrogens (tertiary/aromatic N) is 3. The first-order valence-electron chi connectivity index (χ1n) is 6.27. The van der Waals surface area contributed by atoms with Gasteiger partial charge in [-0.2, -0.15) is 10.1 Å². The highest BCUT2D eigenvalue weighted by Crippen LogP contribution is 2.21. The first-order chi connectivity index (χ1) is 10.7. The van der Waals surface area contributed by atoms with Crippen molar-refractivity contribution in [2.24, 2.45) is 5.10 Å². The molecule has 9 nitrogen and oxygen atoms in total. The van der Waals surface area contributed by atoms with Gasteiger partial charge in [0.1, 0.15) is 11.5 Å². The number of rotatable bonds is 4. The first-order valence-corrected chi connectivity index (χ1v) is 6.27. The van der Waals surface area contributed by atoms with E-state index < -0.39 is 0 Å². The van der Waals surface area contributed by atoms with Gasteiger partial charge in [-0.15, -0.1) is 0 Å². The second-order valence-corrected chi connectivity index (χ2v) is 4.31. The van der Waals surface area contributed by atoms with Gasteiger partial charge in [-0.25, -0.2) is 10.4 Å². The van der Waals surface area contributed by atoms with Crippen LogP contribution in [0.4, 0.5) is 5.95 Å². The van der Waals surface area contributed by atoms with Crippen molar-refractivity contribution in [2.75, 3.05) is 12.5 Å². The molecule has 9 heteroatoms. The average molecular weight is 300 g/mol. The number of nitrogens with one attached hydrogen (secondary N) is 3. The highest BCUT2D eigenvalue weighted by Gasteiger charge is 2.05. The predicted molar refractivity (Wildman–Crippen MR) is 80.4 cm³/mol. The minimum atomic E-state index is -0.317. The Bertz CT molecular complexity index is 898. The molecule has 0 radical (unpaired) electrons. The van der Waals surface area contributed by atoms with Gasteiger partial charge in [0.25, 0.3) is 5.56 Å². The van der Waals surface area contributed by atoms with E-state index in [4.69, 9.17) is 4.74 Å². The van der Waals surface area contributed by atoms with Gasteiger partial charge in [0.2, 0.25) is 5.95 Å². The first kappa shape index (κ1) is 13.6. The lowest BCUT2D eigenvalue weighted by Crippen LogP contribution is -2.05. The molecular formula is C13H12N6O3. The van der Waals surface area contributed by atoms with Gasteiger partial charge in [0.15, 0.2) is 11.2 Å². The number of hydrogen-bond acceptors (Lipinski definition) is 7. The van der Waals surface area contributed by atoms with E-state index in [-0.39, 0.29) is 28.4 Å². The van der Waals surface area contributed by atoms with E-state index in [1.54, 1.807) is 12.1 Å². The molecule has 0 aliphatic carbocycles. The monoisotopic (exact) mass is 300 g/mol. The van der Waals surface area contributed by atoms with E-state index in [0.717, 1.165) is 0 Å². The number of aromatic amines is 2. The van der Waals surface area contributed by atoms with E-state index >= 15 is 0 Å². The molecule has 2 heterocycles. The van der Waals surface area contributed by atoms with Crippen molar-refractivity contribution < 1.29 is 9.84 Å². The summed E-state index contributed by atoms with van der Waals surface area (Å²) in [5.74, 6) is 0.848. The second kappa shape index (κ2) is 5.56. The Hall–Kier alpha value is -3.36. The van der Waals surface area contributed by atoms with Crippen LogP contribution in [0.5, 0.6) is 11.5 Å². The van der Waals surface area contributed by atoms with Crippen LogP contribution < -0.4 is 15.7 Å². The third kappa shape index (κ3) is 2.59. The average Bonchev–Trinajstić information content (AvgIpc) is 2.93. The Morgan fingerprint density at radius 2 is 2.32 bits per heavy atom. The molecule has 0 amide bonds. The fourth-order valence-corrected chi connectivity index (χ4v) is 1.82. The molecule has 1 aromatic carbocycles. The number of phenolic OH excluding ortho intramolecular Hbond substituents is 1. The number of phenols is 1. The summed E-state index contributed by atoms with van der Waals surface area (Å²) in [4.78, 5) is 24.7. The van der Waals surface area contributed by atoms with Crippen molar-refractivity contribution in [1.82, 2.24) is 19.9 Å². The molecular weight excluding hydrogens is 288 g/mol. The molecule has 3 rings (SSSR count). The van der Waals surface area contributed by atoms with Gasteiger partial charge in [-0.05, 0) is 12.1 Å². The quantitative estimate of drug-likeness (QED) is 0.417.